The van der Waals surface area contributed by atoms with Crippen molar-refractivity contribution in [2.24, 2.45) is 0 Å². The molecule has 1 fully saturated rings. The molecule has 116 valence electrons. The molecule has 0 bridgehead atoms. The molecule has 1 aromatic heterocycles. The summed E-state index contributed by atoms with van der Waals surface area (Å²) in [4.78, 5) is 4.75. The molecular formula is C17H23BN2O2. The van der Waals surface area contributed by atoms with Crippen molar-refractivity contribution in [1.29, 1.82) is 0 Å². The van der Waals surface area contributed by atoms with Gasteiger partial charge in [0.2, 0.25) is 0 Å². The van der Waals surface area contributed by atoms with Gasteiger partial charge in [-0.15, -0.1) is 0 Å². The van der Waals surface area contributed by atoms with Gasteiger partial charge in [-0.3, -0.25) is 0 Å². The molecule has 0 aliphatic carbocycles. The van der Waals surface area contributed by atoms with Crippen molar-refractivity contribution >= 4 is 23.6 Å². The molecule has 2 aliphatic heterocycles. The van der Waals surface area contributed by atoms with E-state index in [1.54, 1.807) is 0 Å². The highest BCUT2D eigenvalue weighted by Crippen LogP contribution is 2.37. The first kappa shape index (κ1) is 14.3. The molecule has 4 nitrogen and oxygen atoms in total. The standard InChI is InChI=1S/C17H23BN2O2/c1-11-6-9-15-19-13-8-7-12(10-14(13)20(11)15)18-21-16(2,3)17(4,5)22-18/h7-8,10-11H,6,9H2,1-5H3/t11-/m0/s1. The topological polar surface area (TPSA) is 36.3 Å². The molecule has 3 heterocycles. The number of rotatable bonds is 1. The highest BCUT2D eigenvalue weighted by atomic mass is 16.7. The van der Waals surface area contributed by atoms with Crippen molar-refractivity contribution in [1.82, 2.24) is 9.55 Å². The lowest BCUT2D eigenvalue weighted by Gasteiger charge is -2.32. The van der Waals surface area contributed by atoms with Gasteiger partial charge in [0.25, 0.3) is 0 Å². The lowest BCUT2D eigenvalue weighted by molar-refractivity contribution is 0.00578. The Labute approximate surface area is 132 Å². The number of hydrogen-bond donors (Lipinski definition) is 0. The van der Waals surface area contributed by atoms with Gasteiger partial charge in [-0.05, 0) is 58.6 Å². The van der Waals surface area contributed by atoms with Gasteiger partial charge in [0.05, 0.1) is 22.2 Å². The number of nitrogens with zero attached hydrogens (tertiary/aromatic N) is 2. The van der Waals surface area contributed by atoms with Gasteiger partial charge in [-0.25, -0.2) is 4.98 Å². The fraction of sp³-hybridized carbons (Fsp3) is 0.588. The first-order chi connectivity index (χ1) is 10.3. The van der Waals surface area contributed by atoms with Gasteiger partial charge in [0.1, 0.15) is 5.82 Å². The number of hydrogen-bond acceptors (Lipinski definition) is 3. The van der Waals surface area contributed by atoms with Crippen LogP contribution in [0.4, 0.5) is 0 Å². The summed E-state index contributed by atoms with van der Waals surface area (Å²) in [5, 5.41) is 0. The molecule has 0 unspecified atom stereocenters. The van der Waals surface area contributed by atoms with Gasteiger partial charge in [-0.2, -0.15) is 0 Å². The fourth-order valence-corrected chi connectivity index (χ4v) is 3.42. The highest BCUT2D eigenvalue weighted by Gasteiger charge is 2.51. The summed E-state index contributed by atoms with van der Waals surface area (Å²) in [6, 6.07) is 6.88. The molecule has 0 saturated carbocycles. The predicted molar refractivity (Wildman–Crippen MR) is 88.5 cm³/mol. The van der Waals surface area contributed by atoms with Crippen LogP contribution in [0.25, 0.3) is 11.0 Å². The summed E-state index contributed by atoms with van der Waals surface area (Å²) < 4.78 is 14.7. The Balaban J connectivity index is 1.77. The molecule has 2 aliphatic rings. The third-order valence-corrected chi connectivity index (χ3v) is 5.54. The Morgan fingerprint density at radius 3 is 2.55 bits per heavy atom. The van der Waals surface area contributed by atoms with E-state index in [9.17, 15) is 0 Å². The molecule has 0 radical (unpaired) electrons. The monoisotopic (exact) mass is 298 g/mol. The average Bonchev–Trinajstić information content (AvgIpc) is 3.02. The fourth-order valence-electron chi connectivity index (χ4n) is 3.42. The van der Waals surface area contributed by atoms with Crippen molar-refractivity contribution in [3.05, 3.63) is 24.0 Å². The van der Waals surface area contributed by atoms with Crippen LogP contribution in [-0.2, 0) is 15.7 Å². The number of imidazole rings is 1. The van der Waals surface area contributed by atoms with Crippen LogP contribution in [0.2, 0.25) is 0 Å². The van der Waals surface area contributed by atoms with Crippen molar-refractivity contribution in [3.8, 4) is 0 Å². The molecule has 0 N–H and O–H groups in total. The molecule has 0 amide bonds. The van der Waals surface area contributed by atoms with Crippen LogP contribution in [-0.4, -0.2) is 27.9 Å². The van der Waals surface area contributed by atoms with Crippen molar-refractivity contribution in [2.75, 3.05) is 0 Å². The van der Waals surface area contributed by atoms with Crippen molar-refractivity contribution in [2.45, 2.75) is 64.7 Å². The first-order valence-electron chi connectivity index (χ1n) is 8.15. The smallest absolute Gasteiger partial charge is 0.399 e. The summed E-state index contributed by atoms with van der Waals surface area (Å²) in [6.45, 7) is 10.6. The minimum absolute atomic E-state index is 0.306. The van der Waals surface area contributed by atoms with E-state index in [2.05, 4.69) is 57.4 Å². The van der Waals surface area contributed by atoms with Crippen LogP contribution in [0, 0.1) is 0 Å². The predicted octanol–water partition coefficient (Wildman–Crippen LogP) is 2.84. The van der Waals surface area contributed by atoms with Crippen molar-refractivity contribution in [3.63, 3.8) is 0 Å². The number of benzene rings is 1. The second-order valence-corrected chi connectivity index (χ2v) is 7.62. The highest BCUT2D eigenvalue weighted by molar-refractivity contribution is 6.62. The Hall–Kier alpha value is -1.33. The summed E-state index contributed by atoms with van der Waals surface area (Å²) in [5.41, 5.74) is 2.74. The number of aromatic nitrogens is 2. The molecule has 22 heavy (non-hydrogen) atoms. The summed E-state index contributed by atoms with van der Waals surface area (Å²) >= 11 is 0. The Kier molecular flexibility index (Phi) is 2.83. The molecular weight excluding hydrogens is 275 g/mol. The van der Waals surface area contributed by atoms with E-state index >= 15 is 0 Å². The summed E-state index contributed by atoms with van der Waals surface area (Å²) in [7, 11) is -0.308. The third kappa shape index (κ3) is 1.88. The Bertz CT molecular complexity index is 734. The van der Waals surface area contributed by atoms with Crippen LogP contribution < -0.4 is 5.46 Å². The van der Waals surface area contributed by atoms with Crippen LogP contribution in [0.5, 0.6) is 0 Å². The summed E-state index contributed by atoms with van der Waals surface area (Å²) in [6.07, 6.45) is 2.25. The molecule has 1 saturated heterocycles. The lowest BCUT2D eigenvalue weighted by Crippen LogP contribution is -2.41. The maximum absolute atomic E-state index is 6.17. The Morgan fingerprint density at radius 2 is 1.86 bits per heavy atom. The molecule has 1 aromatic carbocycles. The lowest BCUT2D eigenvalue weighted by atomic mass is 9.79. The minimum atomic E-state index is -0.308. The maximum Gasteiger partial charge on any atom is 0.494 e. The van der Waals surface area contributed by atoms with Gasteiger partial charge in [0, 0.05) is 12.5 Å². The van der Waals surface area contributed by atoms with Crippen molar-refractivity contribution < 1.29 is 9.31 Å². The van der Waals surface area contributed by atoms with Crippen LogP contribution in [0.3, 0.4) is 0 Å². The average molecular weight is 298 g/mol. The van der Waals surface area contributed by atoms with E-state index in [4.69, 9.17) is 14.3 Å². The van der Waals surface area contributed by atoms with Gasteiger partial charge >= 0.3 is 7.12 Å². The number of aryl methyl sites for hydroxylation is 1. The second kappa shape index (κ2) is 4.36. The van der Waals surface area contributed by atoms with E-state index in [1.165, 1.54) is 17.8 Å². The largest absolute Gasteiger partial charge is 0.494 e. The minimum Gasteiger partial charge on any atom is -0.399 e. The van der Waals surface area contributed by atoms with E-state index in [-0.39, 0.29) is 18.3 Å². The first-order valence-corrected chi connectivity index (χ1v) is 8.15. The van der Waals surface area contributed by atoms with Crippen LogP contribution >= 0.6 is 0 Å². The molecule has 5 heteroatoms. The van der Waals surface area contributed by atoms with Crippen LogP contribution in [0.1, 0.15) is 52.9 Å². The number of fused-ring (bicyclic) bond motifs is 3. The van der Waals surface area contributed by atoms with E-state index < -0.39 is 0 Å². The molecule has 4 rings (SSSR count). The second-order valence-electron chi connectivity index (χ2n) is 7.62. The van der Waals surface area contributed by atoms with Gasteiger partial charge in [0.15, 0.2) is 0 Å². The normalized spacial score (nSPS) is 25.9. The zero-order chi connectivity index (χ0) is 15.7. The molecule has 2 aromatic rings. The quantitative estimate of drug-likeness (QED) is 0.760. The maximum atomic E-state index is 6.17. The van der Waals surface area contributed by atoms with Gasteiger partial charge < -0.3 is 13.9 Å². The molecule has 1 atom stereocenters. The molecule has 0 spiro atoms. The Morgan fingerprint density at radius 1 is 1.18 bits per heavy atom. The van der Waals surface area contributed by atoms with E-state index in [0.717, 1.165) is 17.4 Å². The van der Waals surface area contributed by atoms with Crippen LogP contribution in [0.15, 0.2) is 18.2 Å². The van der Waals surface area contributed by atoms with E-state index in [0.29, 0.717) is 6.04 Å². The SMILES string of the molecule is C[C@H]1CCc2nc3ccc(B4OC(C)(C)C(C)(C)O4)cc3n21. The zero-order valence-electron chi connectivity index (χ0n) is 14.0. The van der Waals surface area contributed by atoms with Gasteiger partial charge in [-0.1, -0.05) is 6.07 Å². The van der Waals surface area contributed by atoms with E-state index in [1.807, 2.05) is 0 Å². The third-order valence-electron chi connectivity index (χ3n) is 5.54. The zero-order valence-corrected chi connectivity index (χ0v) is 14.0. The summed E-state index contributed by atoms with van der Waals surface area (Å²) in [5.74, 6) is 1.20.